The van der Waals surface area contributed by atoms with Gasteiger partial charge in [-0.3, -0.25) is 4.79 Å². The van der Waals surface area contributed by atoms with Gasteiger partial charge in [0.2, 0.25) is 0 Å². The lowest BCUT2D eigenvalue weighted by Gasteiger charge is -2.24. The van der Waals surface area contributed by atoms with E-state index in [0.717, 1.165) is 10.8 Å². The van der Waals surface area contributed by atoms with E-state index < -0.39 is 5.54 Å². The molecule has 0 heterocycles. The van der Waals surface area contributed by atoms with Gasteiger partial charge in [0, 0.05) is 5.56 Å². The summed E-state index contributed by atoms with van der Waals surface area (Å²) < 4.78 is 0. The van der Waals surface area contributed by atoms with E-state index in [-0.39, 0.29) is 11.7 Å². The average Bonchev–Trinajstić information content (AvgIpc) is 2.45. The summed E-state index contributed by atoms with van der Waals surface area (Å²) in [5.74, 6) is -0.315. The fraction of sp³-hybridized carbons (Fsp3) is 0.200. The predicted octanol–water partition coefficient (Wildman–Crippen LogP) is 2.09. The average molecular weight is 271 g/mol. The number of benzene rings is 2. The van der Waals surface area contributed by atoms with Crippen molar-refractivity contribution < 1.29 is 10.0 Å². The Hall–Kier alpha value is -2.56. The minimum Gasteiger partial charge on any atom is -0.409 e. The third kappa shape index (κ3) is 2.56. The van der Waals surface area contributed by atoms with Crippen LogP contribution in [0.2, 0.25) is 0 Å². The van der Waals surface area contributed by atoms with Crippen LogP contribution in [-0.2, 0) is 0 Å². The van der Waals surface area contributed by atoms with Crippen molar-refractivity contribution in [1.82, 2.24) is 5.32 Å². The number of nitrogens with zero attached hydrogens (tertiary/aromatic N) is 1. The van der Waals surface area contributed by atoms with Crippen molar-refractivity contribution in [3.63, 3.8) is 0 Å². The van der Waals surface area contributed by atoms with Crippen molar-refractivity contribution in [2.75, 3.05) is 0 Å². The summed E-state index contributed by atoms with van der Waals surface area (Å²) >= 11 is 0. The summed E-state index contributed by atoms with van der Waals surface area (Å²) in [7, 11) is 0. The van der Waals surface area contributed by atoms with Crippen molar-refractivity contribution in [3.05, 3.63) is 48.0 Å². The van der Waals surface area contributed by atoms with Crippen molar-refractivity contribution in [2.24, 2.45) is 10.9 Å². The topological polar surface area (TPSA) is 87.7 Å². The first-order valence-corrected chi connectivity index (χ1v) is 6.24. The number of nitrogens with two attached hydrogens (primary N) is 1. The highest BCUT2D eigenvalue weighted by atomic mass is 16.4. The van der Waals surface area contributed by atoms with Gasteiger partial charge in [-0.15, -0.1) is 0 Å². The molecule has 0 aliphatic heterocycles. The number of rotatable bonds is 3. The first-order chi connectivity index (χ1) is 9.45. The van der Waals surface area contributed by atoms with Crippen LogP contribution in [0.4, 0.5) is 0 Å². The van der Waals surface area contributed by atoms with Gasteiger partial charge in [0.15, 0.2) is 5.84 Å². The van der Waals surface area contributed by atoms with Gasteiger partial charge in [0.05, 0.1) is 5.54 Å². The molecule has 104 valence electrons. The SMILES string of the molecule is CC(C)(NC(=O)c1cccc2ccccc12)/C(N)=N/O. The molecule has 5 nitrogen and oxygen atoms in total. The maximum atomic E-state index is 12.4. The first kappa shape index (κ1) is 13.9. The third-order valence-corrected chi connectivity index (χ3v) is 3.21. The molecule has 0 saturated carbocycles. The van der Waals surface area contributed by atoms with Gasteiger partial charge < -0.3 is 16.3 Å². The second-order valence-corrected chi connectivity index (χ2v) is 5.09. The van der Waals surface area contributed by atoms with Gasteiger partial charge in [-0.1, -0.05) is 41.6 Å². The Morgan fingerprint density at radius 2 is 1.85 bits per heavy atom. The van der Waals surface area contributed by atoms with E-state index in [1.54, 1.807) is 19.9 Å². The molecule has 0 unspecified atom stereocenters. The van der Waals surface area contributed by atoms with Gasteiger partial charge in [0.25, 0.3) is 5.91 Å². The molecule has 0 bridgehead atoms. The molecule has 1 amide bonds. The number of hydrogen-bond donors (Lipinski definition) is 3. The molecule has 0 atom stereocenters. The van der Waals surface area contributed by atoms with Gasteiger partial charge in [-0.2, -0.15) is 0 Å². The first-order valence-electron chi connectivity index (χ1n) is 6.24. The minimum absolute atomic E-state index is 0.0499. The molecular weight excluding hydrogens is 254 g/mol. The summed E-state index contributed by atoms with van der Waals surface area (Å²) in [6.07, 6.45) is 0. The summed E-state index contributed by atoms with van der Waals surface area (Å²) in [5.41, 5.74) is 5.20. The van der Waals surface area contributed by atoms with E-state index in [2.05, 4.69) is 10.5 Å². The Kier molecular flexibility index (Phi) is 3.61. The van der Waals surface area contributed by atoms with Gasteiger partial charge in [-0.05, 0) is 30.7 Å². The third-order valence-electron chi connectivity index (χ3n) is 3.21. The molecule has 2 aromatic carbocycles. The zero-order valence-corrected chi connectivity index (χ0v) is 11.4. The smallest absolute Gasteiger partial charge is 0.252 e. The van der Waals surface area contributed by atoms with Crippen LogP contribution in [0.25, 0.3) is 10.8 Å². The maximum Gasteiger partial charge on any atom is 0.252 e. The highest BCUT2D eigenvalue weighted by Crippen LogP contribution is 2.19. The fourth-order valence-corrected chi connectivity index (χ4v) is 1.96. The lowest BCUT2D eigenvalue weighted by atomic mass is 10.0. The number of hydrogen-bond acceptors (Lipinski definition) is 3. The normalized spacial score (nSPS) is 12.4. The van der Waals surface area contributed by atoms with Crippen LogP contribution < -0.4 is 11.1 Å². The molecule has 2 rings (SSSR count). The molecule has 4 N–H and O–H groups in total. The van der Waals surface area contributed by atoms with Crippen LogP contribution in [0, 0.1) is 0 Å². The van der Waals surface area contributed by atoms with E-state index in [4.69, 9.17) is 10.9 Å². The lowest BCUT2D eigenvalue weighted by Crippen LogP contribution is -2.53. The molecule has 2 aromatic rings. The zero-order valence-electron chi connectivity index (χ0n) is 11.4. The molecule has 0 fully saturated rings. The van der Waals surface area contributed by atoms with Crippen LogP contribution in [0.15, 0.2) is 47.6 Å². The van der Waals surface area contributed by atoms with E-state index in [1.165, 1.54) is 0 Å². The molecule has 5 heteroatoms. The number of amides is 1. The van der Waals surface area contributed by atoms with Crippen LogP contribution in [0.1, 0.15) is 24.2 Å². The molecule has 0 aliphatic rings. The number of nitrogens with one attached hydrogen (secondary N) is 1. The summed E-state index contributed by atoms with van der Waals surface area (Å²) in [4.78, 5) is 12.4. The fourth-order valence-electron chi connectivity index (χ4n) is 1.96. The molecular formula is C15H17N3O2. The predicted molar refractivity (Wildman–Crippen MR) is 78.9 cm³/mol. The van der Waals surface area contributed by atoms with E-state index in [9.17, 15) is 4.79 Å². The maximum absolute atomic E-state index is 12.4. The van der Waals surface area contributed by atoms with Crippen LogP contribution in [0.5, 0.6) is 0 Å². The van der Waals surface area contributed by atoms with E-state index in [0.29, 0.717) is 5.56 Å². The Balaban J connectivity index is 2.38. The van der Waals surface area contributed by atoms with Crippen molar-refractivity contribution in [2.45, 2.75) is 19.4 Å². The molecule has 0 aromatic heterocycles. The van der Waals surface area contributed by atoms with E-state index >= 15 is 0 Å². The highest BCUT2D eigenvalue weighted by Gasteiger charge is 2.26. The van der Waals surface area contributed by atoms with Gasteiger partial charge in [-0.25, -0.2) is 0 Å². The molecule has 0 saturated heterocycles. The monoisotopic (exact) mass is 271 g/mol. The zero-order chi connectivity index (χ0) is 14.8. The number of fused-ring (bicyclic) bond motifs is 1. The molecule has 0 spiro atoms. The summed E-state index contributed by atoms with van der Waals surface area (Å²) in [5, 5.41) is 16.3. The largest absolute Gasteiger partial charge is 0.409 e. The number of amidine groups is 1. The Morgan fingerprint density at radius 1 is 1.20 bits per heavy atom. The minimum atomic E-state index is -0.928. The summed E-state index contributed by atoms with van der Waals surface area (Å²) in [6, 6.07) is 13.2. The van der Waals surface area contributed by atoms with Crippen molar-refractivity contribution in [1.29, 1.82) is 0 Å². The van der Waals surface area contributed by atoms with Gasteiger partial charge in [0.1, 0.15) is 0 Å². The second-order valence-electron chi connectivity index (χ2n) is 5.09. The van der Waals surface area contributed by atoms with Crippen molar-refractivity contribution >= 4 is 22.5 Å². The van der Waals surface area contributed by atoms with Crippen LogP contribution in [0.3, 0.4) is 0 Å². The quantitative estimate of drug-likeness (QED) is 0.346. The van der Waals surface area contributed by atoms with Gasteiger partial charge >= 0.3 is 0 Å². The van der Waals surface area contributed by atoms with Crippen LogP contribution >= 0.6 is 0 Å². The second kappa shape index (κ2) is 5.21. The van der Waals surface area contributed by atoms with Crippen LogP contribution in [-0.4, -0.2) is 22.5 Å². The Labute approximate surface area is 117 Å². The molecule has 20 heavy (non-hydrogen) atoms. The van der Waals surface area contributed by atoms with E-state index in [1.807, 2.05) is 36.4 Å². The Bertz CT molecular complexity index is 672. The highest BCUT2D eigenvalue weighted by molar-refractivity contribution is 6.08. The Morgan fingerprint density at radius 3 is 2.55 bits per heavy atom. The van der Waals surface area contributed by atoms with Crippen molar-refractivity contribution in [3.8, 4) is 0 Å². The molecule has 0 aliphatic carbocycles. The lowest BCUT2D eigenvalue weighted by molar-refractivity contribution is 0.0932. The molecule has 0 radical (unpaired) electrons. The summed E-state index contributed by atoms with van der Waals surface area (Å²) in [6.45, 7) is 3.34. The number of carbonyl (C=O) groups excluding carboxylic acids is 1. The number of carbonyl (C=O) groups is 1. The number of oxime groups is 1. The standard InChI is InChI=1S/C15H17N3O2/c1-15(2,14(16)18-20)17-13(19)12-9-5-7-10-6-3-4-8-11(10)12/h3-9,20H,1-2H3,(H2,16,18)(H,17,19).